The van der Waals surface area contributed by atoms with Crippen molar-refractivity contribution in [2.45, 2.75) is 13.8 Å². The fraction of sp³-hybridized carbons (Fsp3) is 0.273. The Morgan fingerprint density at radius 2 is 2.13 bits per heavy atom. The molecule has 1 N–H and O–H groups in total. The van der Waals surface area contributed by atoms with Crippen LogP contribution in [0.2, 0.25) is 5.02 Å². The Morgan fingerprint density at radius 1 is 1.47 bits per heavy atom. The molecule has 1 aromatic rings. The molecule has 0 aliphatic carbocycles. The molecule has 1 amide bonds. The van der Waals surface area contributed by atoms with Crippen LogP contribution < -0.4 is 5.43 Å². The van der Waals surface area contributed by atoms with Gasteiger partial charge in [-0.2, -0.15) is 5.10 Å². The molecule has 0 aliphatic heterocycles. The van der Waals surface area contributed by atoms with Crippen molar-refractivity contribution in [2.75, 3.05) is 0 Å². The van der Waals surface area contributed by atoms with Crippen molar-refractivity contribution in [3.8, 4) is 0 Å². The second-order valence-electron chi connectivity index (χ2n) is 3.44. The first-order valence-corrected chi connectivity index (χ1v) is 5.07. The van der Waals surface area contributed by atoms with E-state index in [1.165, 1.54) is 0 Å². The van der Waals surface area contributed by atoms with Crippen molar-refractivity contribution in [3.05, 3.63) is 34.9 Å². The molecule has 0 atom stereocenters. The minimum atomic E-state index is -0.294. The summed E-state index contributed by atoms with van der Waals surface area (Å²) in [4.78, 5) is 11.5. The third-order valence-corrected chi connectivity index (χ3v) is 1.99. The number of hydrazone groups is 1. The highest BCUT2D eigenvalue weighted by molar-refractivity contribution is 6.33. The Kier molecular flexibility index (Phi) is 4.31. The molecule has 3 nitrogen and oxygen atoms in total. The molecule has 15 heavy (non-hydrogen) atoms. The number of amides is 1. The summed E-state index contributed by atoms with van der Waals surface area (Å²) in [5, 5.41) is 4.23. The summed E-state index contributed by atoms with van der Waals surface area (Å²) < 4.78 is 0. The van der Waals surface area contributed by atoms with E-state index in [9.17, 15) is 4.79 Å². The standard InChI is InChI=1S/C11H13ClN2O/c1-8(2)7-13-14-11(15)9-5-3-4-6-10(9)12/h3-8H,1-2H3,(H,14,15). The first-order valence-electron chi connectivity index (χ1n) is 4.69. The van der Waals surface area contributed by atoms with E-state index in [4.69, 9.17) is 11.6 Å². The minimum absolute atomic E-state index is 0.294. The summed E-state index contributed by atoms with van der Waals surface area (Å²) >= 11 is 5.85. The largest absolute Gasteiger partial charge is 0.272 e. The predicted octanol–water partition coefficient (Wildman–Crippen LogP) is 2.71. The molecule has 0 spiro atoms. The molecule has 1 rings (SSSR count). The highest BCUT2D eigenvalue weighted by Crippen LogP contribution is 2.14. The zero-order valence-corrected chi connectivity index (χ0v) is 9.45. The maximum atomic E-state index is 11.5. The number of carbonyl (C=O) groups is 1. The smallest absolute Gasteiger partial charge is 0.267 e. The van der Waals surface area contributed by atoms with Crippen LogP contribution >= 0.6 is 11.6 Å². The normalized spacial score (nSPS) is 10.9. The van der Waals surface area contributed by atoms with Crippen LogP contribution in [0.3, 0.4) is 0 Å². The van der Waals surface area contributed by atoms with Gasteiger partial charge < -0.3 is 0 Å². The zero-order valence-electron chi connectivity index (χ0n) is 8.70. The maximum Gasteiger partial charge on any atom is 0.272 e. The molecule has 0 fully saturated rings. The van der Waals surface area contributed by atoms with Crippen molar-refractivity contribution < 1.29 is 4.79 Å². The number of nitrogens with one attached hydrogen (secondary N) is 1. The van der Waals surface area contributed by atoms with Crippen LogP contribution in [0.5, 0.6) is 0 Å². The van der Waals surface area contributed by atoms with Gasteiger partial charge in [0.15, 0.2) is 0 Å². The fourth-order valence-electron chi connectivity index (χ4n) is 0.951. The van der Waals surface area contributed by atoms with E-state index in [2.05, 4.69) is 10.5 Å². The maximum absolute atomic E-state index is 11.5. The number of hydrogen-bond donors (Lipinski definition) is 1. The lowest BCUT2D eigenvalue weighted by Crippen LogP contribution is -2.18. The number of nitrogens with zero attached hydrogens (tertiary/aromatic N) is 1. The third-order valence-electron chi connectivity index (χ3n) is 1.66. The lowest BCUT2D eigenvalue weighted by Gasteiger charge is -2.01. The molecular formula is C11H13ClN2O. The van der Waals surface area contributed by atoms with Crippen LogP contribution in [-0.4, -0.2) is 12.1 Å². The minimum Gasteiger partial charge on any atom is -0.267 e. The van der Waals surface area contributed by atoms with Crippen LogP contribution in [-0.2, 0) is 0 Å². The predicted molar refractivity (Wildman–Crippen MR) is 62.2 cm³/mol. The Balaban J connectivity index is 2.66. The van der Waals surface area contributed by atoms with Gasteiger partial charge in [0.25, 0.3) is 5.91 Å². The van der Waals surface area contributed by atoms with Gasteiger partial charge in [-0.3, -0.25) is 4.79 Å². The number of hydrogen-bond acceptors (Lipinski definition) is 2. The molecule has 0 bridgehead atoms. The second-order valence-corrected chi connectivity index (χ2v) is 3.85. The van der Waals surface area contributed by atoms with Crippen molar-refractivity contribution in [1.29, 1.82) is 0 Å². The summed E-state index contributed by atoms with van der Waals surface area (Å²) in [7, 11) is 0. The third kappa shape index (κ3) is 3.72. The van der Waals surface area contributed by atoms with Crippen molar-refractivity contribution in [2.24, 2.45) is 11.0 Å². The fourth-order valence-corrected chi connectivity index (χ4v) is 1.17. The molecule has 0 unspecified atom stereocenters. The second kappa shape index (κ2) is 5.51. The first kappa shape index (κ1) is 11.7. The molecular weight excluding hydrogens is 212 g/mol. The Hall–Kier alpha value is -1.35. The Labute approximate surface area is 94.1 Å². The van der Waals surface area contributed by atoms with Crippen LogP contribution in [0.15, 0.2) is 29.4 Å². The molecule has 0 heterocycles. The summed E-state index contributed by atoms with van der Waals surface area (Å²) in [5.41, 5.74) is 2.85. The SMILES string of the molecule is CC(C)C=NNC(=O)c1ccccc1Cl. The van der Waals surface area contributed by atoms with E-state index < -0.39 is 0 Å². The van der Waals surface area contributed by atoms with Gasteiger partial charge in [0.2, 0.25) is 0 Å². The summed E-state index contributed by atoms with van der Waals surface area (Å²) in [6.45, 7) is 3.95. The van der Waals surface area contributed by atoms with Gasteiger partial charge in [-0.1, -0.05) is 37.6 Å². The van der Waals surface area contributed by atoms with Crippen molar-refractivity contribution in [1.82, 2.24) is 5.43 Å². The number of halogens is 1. The van der Waals surface area contributed by atoms with Crippen LogP contribution in [0.1, 0.15) is 24.2 Å². The van der Waals surface area contributed by atoms with Gasteiger partial charge in [0.05, 0.1) is 10.6 Å². The highest BCUT2D eigenvalue weighted by Gasteiger charge is 2.07. The van der Waals surface area contributed by atoms with Gasteiger partial charge in [0.1, 0.15) is 0 Å². The van der Waals surface area contributed by atoms with Crippen molar-refractivity contribution in [3.63, 3.8) is 0 Å². The lowest BCUT2D eigenvalue weighted by atomic mass is 10.2. The number of rotatable bonds is 3. The summed E-state index contributed by atoms with van der Waals surface area (Å²) in [6, 6.07) is 6.86. The molecule has 0 aliphatic rings. The van der Waals surface area contributed by atoms with E-state index in [1.54, 1.807) is 30.5 Å². The topological polar surface area (TPSA) is 41.5 Å². The molecule has 0 saturated heterocycles. The number of carbonyl (C=O) groups excluding carboxylic acids is 1. The highest BCUT2D eigenvalue weighted by atomic mass is 35.5. The Bertz CT molecular complexity index is 375. The lowest BCUT2D eigenvalue weighted by molar-refractivity contribution is 0.0955. The monoisotopic (exact) mass is 224 g/mol. The molecule has 0 aromatic heterocycles. The molecule has 4 heteroatoms. The van der Waals surface area contributed by atoms with Gasteiger partial charge >= 0.3 is 0 Å². The number of benzene rings is 1. The first-order chi connectivity index (χ1) is 7.11. The van der Waals surface area contributed by atoms with Gasteiger partial charge in [0, 0.05) is 6.21 Å². The average molecular weight is 225 g/mol. The molecule has 80 valence electrons. The van der Waals surface area contributed by atoms with E-state index in [-0.39, 0.29) is 5.91 Å². The van der Waals surface area contributed by atoms with Crippen LogP contribution in [0.25, 0.3) is 0 Å². The summed E-state index contributed by atoms with van der Waals surface area (Å²) in [5.74, 6) is 0.00838. The van der Waals surface area contributed by atoms with Crippen molar-refractivity contribution >= 4 is 23.7 Å². The average Bonchev–Trinajstić information content (AvgIpc) is 2.17. The van der Waals surface area contributed by atoms with E-state index in [0.29, 0.717) is 16.5 Å². The van der Waals surface area contributed by atoms with E-state index >= 15 is 0 Å². The van der Waals surface area contributed by atoms with Crippen LogP contribution in [0.4, 0.5) is 0 Å². The van der Waals surface area contributed by atoms with Gasteiger partial charge in [-0.15, -0.1) is 0 Å². The molecule has 1 aromatic carbocycles. The van der Waals surface area contributed by atoms with Gasteiger partial charge in [-0.25, -0.2) is 5.43 Å². The van der Waals surface area contributed by atoms with Gasteiger partial charge in [-0.05, 0) is 18.1 Å². The molecule has 0 saturated carbocycles. The quantitative estimate of drug-likeness (QED) is 0.623. The van der Waals surface area contributed by atoms with E-state index in [1.807, 2.05) is 13.8 Å². The van der Waals surface area contributed by atoms with E-state index in [0.717, 1.165) is 0 Å². The molecule has 0 radical (unpaired) electrons. The van der Waals surface area contributed by atoms with Crippen LogP contribution in [0, 0.1) is 5.92 Å². The zero-order chi connectivity index (χ0) is 11.3. The Morgan fingerprint density at radius 3 is 2.73 bits per heavy atom. The summed E-state index contributed by atoms with van der Waals surface area (Å²) in [6.07, 6.45) is 1.66.